The predicted molar refractivity (Wildman–Crippen MR) is 100 cm³/mol. The number of guanidine groups is 1. The molecule has 0 saturated carbocycles. The highest BCUT2D eigenvalue weighted by Crippen LogP contribution is 2.14. The van der Waals surface area contributed by atoms with Gasteiger partial charge in [-0.2, -0.15) is 0 Å². The number of nitrogens with two attached hydrogens (primary N) is 1. The Hall–Kier alpha value is -1.02. The molecule has 1 aromatic rings. The van der Waals surface area contributed by atoms with Gasteiger partial charge >= 0.3 is 0 Å². The molecular weight excluding hydrogens is 393 g/mol. The van der Waals surface area contributed by atoms with Gasteiger partial charge in [-0.05, 0) is 43.4 Å². The van der Waals surface area contributed by atoms with Crippen LogP contribution in [0.5, 0.6) is 5.75 Å². The van der Waals surface area contributed by atoms with Crippen LogP contribution in [0, 0.1) is 0 Å². The number of halogens is 1. The molecule has 2 rings (SSSR count). The van der Waals surface area contributed by atoms with Gasteiger partial charge in [-0.15, -0.1) is 24.0 Å². The SMILES string of the molecule is COc1ccc(CCNC(N)=NCCC2CCCO2)cc1.I. The Morgan fingerprint density at radius 2 is 2.18 bits per heavy atom. The molecule has 0 radical (unpaired) electrons. The third-order valence-electron chi connectivity index (χ3n) is 3.64. The van der Waals surface area contributed by atoms with Gasteiger partial charge in [-0.25, -0.2) is 0 Å². The lowest BCUT2D eigenvalue weighted by atomic mass is 10.1. The predicted octanol–water partition coefficient (Wildman–Crippen LogP) is 2.33. The minimum Gasteiger partial charge on any atom is -0.497 e. The van der Waals surface area contributed by atoms with E-state index >= 15 is 0 Å². The van der Waals surface area contributed by atoms with Crippen LogP contribution in [0.25, 0.3) is 0 Å². The molecule has 1 unspecified atom stereocenters. The standard InChI is InChI=1S/C16H25N3O2.HI/c1-20-14-6-4-13(5-7-14)8-10-18-16(17)19-11-9-15-3-2-12-21-15;/h4-7,15H,2-3,8-12H2,1H3,(H3,17,18,19);1H. The van der Waals surface area contributed by atoms with E-state index in [2.05, 4.69) is 22.4 Å². The Morgan fingerprint density at radius 3 is 2.82 bits per heavy atom. The maximum Gasteiger partial charge on any atom is 0.188 e. The van der Waals surface area contributed by atoms with Crippen molar-refractivity contribution in [2.24, 2.45) is 10.7 Å². The van der Waals surface area contributed by atoms with E-state index < -0.39 is 0 Å². The summed E-state index contributed by atoms with van der Waals surface area (Å²) in [5.41, 5.74) is 7.09. The minimum absolute atomic E-state index is 0. The summed E-state index contributed by atoms with van der Waals surface area (Å²) in [4.78, 5) is 4.33. The van der Waals surface area contributed by atoms with Crippen LogP contribution in [0.1, 0.15) is 24.8 Å². The molecule has 22 heavy (non-hydrogen) atoms. The van der Waals surface area contributed by atoms with E-state index in [9.17, 15) is 0 Å². The second kappa shape index (κ2) is 10.7. The number of aliphatic imine (C=N–C) groups is 1. The lowest BCUT2D eigenvalue weighted by Gasteiger charge is -2.08. The lowest BCUT2D eigenvalue weighted by Crippen LogP contribution is -2.33. The van der Waals surface area contributed by atoms with Gasteiger partial charge in [-0.3, -0.25) is 4.99 Å². The zero-order valence-corrected chi connectivity index (χ0v) is 15.4. The zero-order chi connectivity index (χ0) is 14.9. The van der Waals surface area contributed by atoms with Gasteiger partial charge in [0.15, 0.2) is 5.96 Å². The van der Waals surface area contributed by atoms with E-state index in [1.807, 2.05) is 12.1 Å². The molecule has 1 saturated heterocycles. The van der Waals surface area contributed by atoms with E-state index in [-0.39, 0.29) is 24.0 Å². The molecular formula is C16H26IN3O2. The van der Waals surface area contributed by atoms with E-state index in [0.29, 0.717) is 12.1 Å². The smallest absolute Gasteiger partial charge is 0.188 e. The molecule has 3 N–H and O–H groups in total. The Morgan fingerprint density at radius 1 is 1.41 bits per heavy atom. The third-order valence-corrected chi connectivity index (χ3v) is 3.64. The topological polar surface area (TPSA) is 68.9 Å². The molecule has 1 aliphatic rings. The second-order valence-electron chi connectivity index (χ2n) is 5.22. The van der Waals surface area contributed by atoms with Gasteiger partial charge in [0.1, 0.15) is 5.75 Å². The molecule has 0 bridgehead atoms. The van der Waals surface area contributed by atoms with Gasteiger partial charge < -0.3 is 20.5 Å². The first-order valence-corrected chi connectivity index (χ1v) is 7.56. The third kappa shape index (κ3) is 6.83. The first kappa shape index (κ1) is 19.0. The van der Waals surface area contributed by atoms with Crippen molar-refractivity contribution in [3.8, 4) is 5.75 Å². The van der Waals surface area contributed by atoms with E-state index in [0.717, 1.165) is 44.7 Å². The molecule has 1 aromatic carbocycles. The molecule has 0 spiro atoms. The quantitative estimate of drug-likeness (QED) is 0.405. The molecule has 6 heteroatoms. The Bertz CT molecular complexity index is 445. The van der Waals surface area contributed by atoms with Crippen molar-refractivity contribution >= 4 is 29.9 Å². The van der Waals surface area contributed by atoms with E-state index in [1.54, 1.807) is 7.11 Å². The zero-order valence-electron chi connectivity index (χ0n) is 13.1. The van der Waals surface area contributed by atoms with Crippen LogP contribution in [-0.4, -0.2) is 38.9 Å². The molecule has 124 valence electrons. The number of benzene rings is 1. The van der Waals surface area contributed by atoms with Crippen LogP contribution in [0.3, 0.4) is 0 Å². The molecule has 1 heterocycles. The molecule has 0 aromatic heterocycles. The van der Waals surface area contributed by atoms with Crippen molar-refractivity contribution in [3.63, 3.8) is 0 Å². The molecule has 1 aliphatic heterocycles. The van der Waals surface area contributed by atoms with Crippen LogP contribution >= 0.6 is 24.0 Å². The summed E-state index contributed by atoms with van der Waals surface area (Å²) in [6, 6.07) is 8.05. The van der Waals surface area contributed by atoms with Crippen molar-refractivity contribution in [1.29, 1.82) is 0 Å². The average Bonchev–Trinajstić information content (AvgIpc) is 3.01. The van der Waals surface area contributed by atoms with Crippen LogP contribution in [-0.2, 0) is 11.2 Å². The van der Waals surface area contributed by atoms with Crippen LogP contribution < -0.4 is 15.8 Å². The van der Waals surface area contributed by atoms with Gasteiger partial charge in [0.25, 0.3) is 0 Å². The Labute approximate surface area is 149 Å². The normalized spacial score (nSPS) is 17.9. The summed E-state index contributed by atoms with van der Waals surface area (Å²) in [5, 5.41) is 3.14. The second-order valence-corrected chi connectivity index (χ2v) is 5.22. The maximum absolute atomic E-state index is 5.85. The van der Waals surface area contributed by atoms with Gasteiger partial charge in [0.05, 0.1) is 13.2 Å². The fourth-order valence-electron chi connectivity index (χ4n) is 2.38. The summed E-state index contributed by atoms with van der Waals surface area (Å²) in [6.45, 7) is 2.40. The Kier molecular flexibility index (Phi) is 9.22. The van der Waals surface area contributed by atoms with Gasteiger partial charge in [-0.1, -0.05) is 12.1 Å². The van der Waals surface area contributed by atoms with Crippen LogP contribution in [0.15, 0.2) is 29.3 Å². The fraction of sp³-hybridized carbons (Fsp3) is 0.562. The van der Waals surface area contributed by atoms with Crippen LogP contribution in [0.2, 0.25) is 0 Å². The fourth-order valence-corrected chi connectivity index (χ4v) is 2.38. The molecule has 5 nitrogen and oxygen atoms in total. The monoisotopic (exact) mass is 419 g/mol. The highest BCUT2D eigenvalue weighted by atomic mass is 127. The number of hydrogen-bond donors (Lipinski definition) is 2. The van der Waals surface area contributed by atoms with Crippen molar-refractivity contribution in [3.05, 3.63) is 29.8 Å². The number of hydrogen-bond acceptors (Lipinski definition) is 3. The number of nitrogens with one attached hydrogen (secondary N) is 1. The van der Waals surface area contributed by atoms with Crippen molar-refractivity contribution in [2.45, 2.75) is 31.8 Å². The molecule has 0 aliphatic carbocycles. The average molecular weight is 419 g/mol. The molecule has 1 fully saturated rings. The first-order chi connectivity index (χ1) is 10.3. The highest BCUT2D eigenvalue weighted by Gasteiger charge is 2.14. The molecule has 0 amide bonds. The summed E-state index contributed by atoms with van der Waals surface area (Å²) in [6.07, 6.45) is 4.57. The van der Waals surface area contributed by atoms with Crippen molar-refractivity contribution in [2.75, 3.05) is 26.8 Å². The van der Waals surface area contributed by atoms with E-state index in [4.69, 9.17) is 15.2 Å². The van der Waals surface area contributed by atoms with Crippen molar-refractivity contribution in [1.82, 2.24) is 5.32 Å². The lowest BCUT2D eigenvalue weighted by molar-refractivity contribution is 0.106. The number of methoxy groups -OCH3 is 1. The summed E-state index contributed by atoms with van der Waals surface area (Å²) in [7, 11) is 1.67. The highest BCUT2D eigenvalue weighted by molar-refractivity contribution is 14.0. The Balaban J connectivity index is 0.00000242. The number of ether oxygens (including phenoxy) is 2. The summed E-state index contributed by atoms with van der Waals surface area (Å²) < 4.78 is 10.7. The number of rotatable bonds is 7. The van der Waals surface area contributed by atoms with Crippen molar-refractivity contribution < 1.29 is 9.47 Å². The number of nitrogens with zero attached hydrogens (tertiary/aromatic N) is 1. The minimum atomic E-state index is 0. The van der Waals surface area contributed by atoms with Gasteiger partial charge in [0, 0.05) is 19.7 Å². The van der Waals surface area contributed by atoms with Crippen LogP contribution in [0.4, 0.5) is 0 Å². The summed E-state index contributed by atoms with van der Waals surface area (Å²) in [5.74, 6) is 1.39. The van der Waals surface area contributed by atoms with Gasteiger partial charge in [0.2, 0.25) is 0 Å². The first-order valence-electron chi connectivity index (χ1n) is 7.56. The summed E-state index contributed by atoms with van der Waals surface area (Å²) >= 11 is 0. The largest absolute Gasteiger partial charge is 0.497 e. The maximum atomic E-state index is 5.85. The molecule has 1 atom stereocenters. The van der Waals surface area contributed by atoms with E-state index in [1.165, 1.54) is 12.0 Å².